The van der Waals surface area contributed by atoms with Crippen molar-refractivity contribution in [3.8, 4) is 11.6 Å². The summed E-state index contributed by atoms with van der Waals surface area (Å²) in [7, 11) is 0. The van der Waals surface area contributed by atoms with Crippen LogP contribution in [0.1, 0.15) is 16.7 Å². The standard InChI is InChI=1S/C14H15NO2/c1-10-5-11(2)7-13(6-10)17-14-4-3-12(9-16)8-15-14/h3-8,16H,9H2,1-2H3. The number of aryl methyl sites for hydroxylation is 2. The van der Waals surface area contributed by atoms with Gasteiger partial charge >= 0.3 is 0 Å². The quantitative estimate of drug-likeness (QED) is 0.879. The average Bonchev–Trinajstić information content (AvgIpc) is 2.28. The molecule has 2 rings (SSSR count). The predicted molar refractivity (Wildman–Crippen MR) is 66.1 cm³/mol. The second kappa shape index (κ2) is 4.97. The van der Waals surface area contributed by atoms with E-state index in [-0.39, 0.29) is 6.61 Å². The highest BCUT2D eigenvalue weighted by atomic mass is 16.5. The summed E-state index contributed by atoms with van der Waals surface area (Å²) in [5, 5.41) is 8.91. The Balaban J connectivity index is 2.19. The smallest absolute Gasteiger partial charge is 0.219 e. The van der Waals surface area contributed by atoms with Crippen molar-refractivity contribution in [2.75, 3.05) is 0 Å². The SMILES string of the molecule is Cc1cc(C)cc(Oc2ccc(CO)cn2)c1. The molecule has 0 atom stereocenters. The van der Waals surface area contributed by atoms with E-state index in [0.29, 0.717) is 5.88 Å². The Labute approximate surface area is 101 Å². The first-order valence-corrected chi connectivity index (χ1v) is 5.49. The molecule has 88 valence electrons. The van der Waals surface area contributed by atoms with Crippen LogP contribution < -0.4 is 4.74 Å². The Morgan fingerprint density at radius 2 is 1.82 bits per heavy atom. The molecule has 0 saturated heterocycles. The van der Waals surface area contributed by atoms with Crippen LogP contribution in [0, 0.1) is 13.8 Å². The zero-order valence-corrected chi connectivity index (χ0v) is 9.97. The topological polar surface area (TPSA) is 42.4 Å². The van der Waals surface area contributed by atoms with Gasteiger partial charge in [-0.05, 0) is 48.7 Å². The molecule has 0 aliphatic carbocycles. The molecule has 0 spiro atoms. The molecule has 0 aliphatic rings. The van der Waals surface area contributed by atoms with Gasteiger partial charge in [-0.1, -0.05) is 6.07 Å². The highest BCUT2D eigenvalue weighted by Crippen LogP contribution is 2.22. The molecule has 1 aromatic carbocycles. The van der Waals surface area contributed by atoms with E-state index in [2.05, 4.69) is 11.1 Å². The van der Waals surface area contributed by atoms with Gasteiger partial charge < -0.3 is 9.84 Å². The van der Waals surface area contributed by atoms with Crippen molar-refractivity contribution in [2.24, 2.45) is 0 Å². The first-order valence-electron chi connectivity index (χ1n) is 5.49. The lowest BCUT2D eigenvalue weighted by Gasteiger charge is -2.07. The van der Waals surface area contributed by atoms with Gasteiger partial charge in [-0.25, -0.2) is 4.98 Å². The molecule has 3 nitrogen and oxygen atoms in total. The fraction of sp³-hybridized carbons (Fsp3) is 0.214. The number of nitrogens with zero attached hydrogens (tertiary/aromatic N) is 1. The maximum Gasteiger partial charge on any atom is 0.219 e. The Morgan fingerprint density at radius 3 is 2.35 bits per heavy atom. The van der Waals surface area contributed by atoms with E-state index < -0.39 is 0 Å². The lowest BCUT2D eigenvalue weighted by atomic mass is 10.1. The normalized spacial score (nSPS) is 10.3. The summed E-state index contributed by atoms with van der Waals surface area (Å²) in [5.41, 5.74) is 3.09. The van der Waals surface area contributed by atoms with Crippen molar-refractivity contribution in [1.82, 2.24) is 4.98 Å². The number of hydrogen-bond acceptors (Lipinski definition) is 3. The molecule has 1 aromatic heterocycles. The molecule has 2 aromatic rings. The number of aliphatic hydroxyl groups is 1. The first-order chi connectivity index (χ1) is 8.17. The number of aromatic nitrogens is 1. The van der Waals surface area contributed by atoms with Gasteiger partial charge in [0.15, 0.2) is 0 Å². The van der Waals surface area contributed by atoms with Crippen LogP contribution in [0.2, 0.25) is 0 Å². The molecule has 17 heavy (non-hydrogen) atoms. The number of hydrogen-bond donors (Lipinski definition) is 1. The van der Waals surface area contributed by atoms with E-state index in [9.17, 15) is 0 Å². The lowest BCUT2D eigenvalue weighted by molar-refractivity contribution is 0.281. The number of pyridine rings is 1. The predicted octanol–water partition coefficient (Wildman–Crippen LogP) is 2.98. The molecule has 1 heterocycles. The fourth-order valence-corrected chi connectivity index (χ4v) is 1.68. The van der Waals surface area contributed by atoms with Crippen molar-refractivity contribution in [3.63, 3.8) is 0 Å². The summed E-state index contributed by atoms with van der Waals surface area (Å²) >= 11 is 0. The average molecular weight is 229 g/mol. The minimum atomic E-state index is -0.00314. The number of rotatable bonds is 3. The molecule has 0 bridgehead atoms. The maximum atomic E-state index is 8.91. The first kappa shape index (κ1) is 11.6. The third kappa shape index (κ3) is 3.04. The van der Waals surface area contributed by atoms with E-state index >= 15 is 0 Å². The van der Waals surface area contributed by atoms with Gasteiger partial charge in [0.25, 0.3) is 0 Å². The van der Waals surface area contributed by atoms with Gasteiger partial charge in [0.1, 0.15) is 5.75 Å². The van der Waals surface area contributed by atoms with Gasteiger partial charge in [0.2, 0.25) is 5.88 Å². The van der Waals surface area contributed by atoms with Crippen molar-refractivity contribution >= 4 is 0 Å². The van der Waals surface area contributed by atoms with Crippen LogP contribution in [0.4, 0.5) is 0 Å². The minimum Gasteiger partial charge on any atom is -0.439 e. The van der Waals surface area contributed by atoms with E-state index in [4.69, 9.17) is 9.84 Å². The number of benzene rings is 1. The van der Waals surface area contributed by atoms with Crippen LogP contribution in [-0.4, -0.2) is 10.1 Å². The van der Waals surface area contributed by atoms with Crippen LogP contribution in [-0.2, 0) is 6.61 Å². The summed E-state index contributed by atoms with van der Waals surface area (Å²) in [6.07, 6.45) is 1.61. The highest BCUT2D eigenvalue weighted by molar-refractivity contribution is 5.35. The maximum absolute atomic E-state index is 8.91. The van der Waals surface area contributed by atoms with Crippen LogP contribution in [0.3, 0.4) is 0 Å². The molecule has 1 N–H and O–H groups in total. The van der Waals surface area contributed by atoms with Gasteiger partial charge in [-0.3, -0.25) is 0 Å². The molecule has 0 fully saturated rings. The Morgan fingerprint density at radius 1 is 1.12 bits per heavy atom. The molecule has 0 radical (unpaired) electrons. The second-order valence-corrected chi connectivity index (χ2v) is 4.09. The van der Waals surface area contributed by atoms with Gasteiger partial charge in [0.05, 0.1) is 6.61 Å². The molecule has 0 amide bonds. The van der Waals surface area contributed by atoms with E-state index in [1.54, 1.807) is 18.3 Å². The molecular weight excluding hydrogens is 214 g/mol. The summed E-state index contributed by atoms with van der Waals surface area (Å²) in [6, 6.07) is 9.58. The third-order valence-electron chi connectivity index (χ3n) is 2.40. The summed E-state index contributed by atoms with van der Waals surface area (Å²) < 4.78 is 5.65. The van der Waals surface area contributed by atoms with Crippen molar-refractivity contribution in [2.45, 2.75) is 20.5 Å². The Bertz CT molecular complexity index is 486. The fourth-order valence-electron chi connectivity index (χ4n) is 1.68. The monoisotopic (exact) mass is 229 g/mol. The van der Waals surface area contributed by atoms with Gasteiger partial charge in [-0.15, -0.1) is 0 Å². The summed E-state index contributed by atoms with van der Waals surface area (Å²) in [5.74, 6) is 1.32. The molecule has 0 aliphatic heterocycles. The van der Waals surface area contributed by atoms with E-state index in [1.807, 2.05) is 26.0 Å². The zero-order valence-electron chi connectivity index (χ0n) is 9.97. The summed E-state index contributed by atoms with van der Waals surface area (Å²) in [6.45, 7) is 4.06. The van der Waals surface area contributed by atoms with E-state index in [1.165, 1.54) is 0 Å². The molecule has 0 saturated carbocycles. The van der Waals surface area contributed by atoms with Gasteiger partial charge in [-0.2, -0.15) is 0 Å². The zero-order chi connectivity index (χ0) is 12.3. The van der Waals surface area contributed by atoms with Crippen LogP contribution >= 0.6 is 0 Å². The molecular formula is C14H15NO2. The second-order valence-electron chi connectivity index (χ2n) is 4.09. The molecule has 0 unspecified atom stereocenters. The minimum absolute atomic E-state index is 0.00314. The van der Waals surface area contributed by atoms with Crippen LogP contribution in [0.5, 0.6) is 11.6 Å². The van der Waals surface area contributed by atoms with Crippen molar-refractivity contribution in [3.05, 3.63) is 53.2 Å². The van der Waals surface area contributed by atoms with Gasteiger partial charge in [0, 0.05) is 12.3 Å². The Kier molecular flexibility index (Phi) is 3.40. The van der Waals surface area contributed by atoms with E-state index in [0.717, 1.165) is 22.4 Å². The van der Waals surface area contributed by atoms with Crippen molar-refractivity contribution < 1.29 is 9.84 Å². The Hall–Kier alpha value is -1.87. The lowest BCUT2D eigenvalue weighted by Crippen LogP contribution is -1.91. The number of aliphatic hydroxyl groups excluding tert-OH is 1. The van der Waals surface area contributed by atoms with Crippen LogP contribution in [0.25, 0.3) is 0 Å². The molecule has 3 heteroatoms. The highest BCUT2D eigenvalue weighted by Gasteiger charge is 2.00. The third-order valence-corrected chi connectivity index (χ3v) is 2.40. The largest absolute Gasteiger partial charge is 0.439 e. The van der Waals surface area contributed by atoms with Crippen molar-refractivity contribution in [1.29, 1.82) is 0 Å². The van der Waals surface area contributed by atoms with Crippen LogP contribution in [0.15, 0.2) is 36.5 Å². The number of ether oxygens (including phenoxy) is 1. The summed E-state index contributed by atoms with van der Waals surface area (Å²) in [4.78, 5) is 4.12.